The van der Waals surface area contributed by atoms with Crippen molar-refractivity contribution in [2.75, 3.05) is 11.9 Å². The number of Topliss-reactive ketones (excluding diaryl/α,β-unsaturated/α-hetero) is 2. The Bertz CT molecular complexity index is 1100. The zero-order valence-electron chi connectivity index (χ0n) is 16.8. The van der Waals surface area contributed by atoms with Crippen molar-refractivity contribution < 1.29 is 18.8 Å². The van der Waals surface area contributed by atoms with Gasteiger partial charge in [-0.1, -0.05) is 32.0 Å². The van der Waals surface area contributed by atoms with Gasteiger partial charge in [0.05, 0.1) is 12.2 Å². The van der Waals surface area contributed by atoms with Gasteiger partial charge in [0.25, 0.3) is 11.9 Å². The average Bonchev–Trinajstić information content (AvgIpc) is 3.36. The molecular formula is C22H23N3O4S. The molecule has 0 saturated carbocycles. The summed E-state index contributed by atoms with van der Waals surface area (Å²) in [5.41, 5.74) is 0.961. The Labute approximate surface area is 177 Å². The van der Waals surface area contributed by atoms with Crippen molar-refractivity contribution in [2.24, 2.45) is 11.8 Å². The molecule has 3 heterocycles. The largest absolute Gasteiger partial charge is 0.424 e. The Hall–Kier alpha value is -3.00. The molecular weight excluding hydrogens is 402 g/mol. The summed E-state index contributed by atoms with van der Waals surface area (Å²) in [6, 6.07) is 7.77. The lowest BCUT2D eigenvalue weighted by atomic mass is 9.87. The number of nitrogens with zero attached hydrogens (tertiary/aromatic N) is 1. The number of anilines is 1. The first-order valence-electron chi connectivity index (χ1n) is 9.97. The summed E-state index contributed by atoms with van der Waals surface area (Å²) < 4.78 is 7.06. The number of benzene rings is 1. The molecule has 7 nitrogen and oxygen atoms in total. The number of rotatable bonds is 7. The number of piperidine rings is 1. The molecule has 1 aliphatic heterocycles. The molecule has 3 aromatic rings. The number of hydrogen-bond donors (Lipinski definition) is 2. The van der Waals surface area contributed by atoms with Crippen molar-refractivity contribution in [3.05, 3.63) is 35.8 Å². The van der Waals surface area contributed by atoms with Crippen LogP contribution in [-0.2, 0) is 14.4 Å². The van der Waals surface area contributed by atoms with E-state index < -0.39 is 23.7 Å². The minimum atomic E-state index is -0.603. The number of aromatic nitrogens is 1. The molecule has 1 aliphatic rings. The highest BCUT2D eigenvalue weighted by atomic mass is 32.1. The lowest BCUT2D eigenvalue weighted by molar-refractivity contribution is -0.143. The van der Waals surface area contributed by atoms with Crippen LogP contribution in [0.3, 0.4) is 0 Å². The van der Waals surface area contributed by atoms with E-state index in [1.165, 1.54) is 0 Å². The number of carbonyl (C=O) groups excluding carboxylic acids is 3. The fraction of sp³-hybridized carbons (Fsp3) is 0.364. The zero-order valence-corrected chi connectivity index (χ0v) is 17.6. The lowest BCUT2D eigenvalue weighted by Crippen LogP contribution is -2.45. The predicted molar refractivity (Wildman–Crippen MR) is 115 cm³/mol. The molecule has 0 aliphatic carbocycles. The van der Waals surface area contributed by atoms with E-state index in [9.17, 15) is 14.4 Å². The maximum absolute atomic E-state index is 12.9. The Kier molecular flexibility index (Phi) is 5.67. The van der Waals surface area contributed by atoms with Gasteiger partial charge in [-0.3, -0.25) is 14.4 Å². The molecule has 1 fully saturated rings. The van der Waals surface area contributed by atoms with Crippen LogP contribution in [0.4, 0.5) is 6.01 Å². The van der Waals surface area contributed by atoms with E-state index in [0.717, 1.165) is 15.6 Å². The standard InChI is InChI=1S/C22H23N3O4S/c1-12(2)19(16(26)9-13-7-8-23-21(28)20(13)27)25-22-24-10-17(29-22)15-11-30-18-6-4-3-5-14(15)18/h3-6,10-13,19H,7-9H2,1-2H3,(H,23,28)(H,24,25). The number of oxazole rings is 1. The fourth-order valence-corrected chi connectivity index (χ4v) is 4.66. The highest BCUT2D eigenvalue weighted by Gasteiger charge is 2.34. The molecule has 1 saturated heterocycles. The Balaban J connectivity index is 1.49. The second-order valence-corrected chi connectivity index (χ2v) is 8.73. The van der Waals surface area contributed by atoms with Crippen molar-refractivity contribution in [1.82, 2.24) is 10.3 Å². The molecule has 8 heteroatoms. The third-order valence-corrected chi connectivity index (χ3v) is 6.33. The number of thiophene rings is 1. The van der Waals surface area contributed by atoms with Crippen molar-refractivity contribution >= 4 is 44.9 Å². The molecule has 2 atom stereocenters. The second kappa shape index (κ2) is 8.39. The van der Waals surface area contributed by atoms with Gasteiger partial charge in [-0.2, -0.15) is 0 Å². The topological polar surface area (TPSA) is 101 Å². The normalized spacial score (nSPS) is 17.9. The maximum Gasteiger partial charge on any atom is 0.295 e. The molecule has 1 amide bonds. The van der Waals surface area contributed by atoms with Crippen molar-refractivity contribution in [1.29, 1.82) is 0 Å². The smallest absolute Gasteiger partial charge is 0.295 e. The molecule has 0 radical (unpaired) electrons. The molecule has 2 unspecified atom stereocenters. The number of nitrogens with one attached hydrogen (secondary N) is 2. The van der Waals surface area contributed by atoms with Crippen LogP contribution in [0.25, 0.3) is 21.4 Å². The van der Waals surface area contributed by atoms with Gasteiger partial charge in [-0.05, 0) is 18.4 Å². The van der Waals surface area contributed by atoms with Crippen molar-refractivity contribution in [3.63, 3.8) is 0 Å². The van der Waals surface area contributed by atoms with Gasteiger partial charge in [0.1, 0.15) is 0 Å². The van der Waals surface area contributed by atoms with Gasteiger partial charge in [0.15, 0.2) is 11.5 Å². The molecule has 0 spiro atoms. The van der Waals surface area contributed by atoms with Crippen LogP contribution in [0.2, 0.25) is 0 Å². The van der Waals surface area contributed by atoms with Gasteiger partial charge < -0.3 is 15.1 Å². The Morgan fingerprint density at radius 3 is 2.93 bits per heavy atom. The van der Waals surface area contributed by atoms with E-state index in [0.29, 0.717) is 18.7 Å². The average molecular weight is 426 g/mol. The van der Waals surface area contributed by atoms with Crippen LogP contribution in [0, 0.1) is 11.8 Å². The highest BCUT2D eigenvalue weighted by molar-refractivity contribution is 7.17. The zero-order chi connectivity index (χ0) is 21.3. The second-order valence-electron chi connectivity index (χ2n) is 7.82. The first-order valence-corrected chi connectivity index (χ1v) is 10.9. The first kappa shape index (κ1) is 20.3. The summed E-state index contributed by atoms with van der Waals surface area (Å²) in [7, 11) is 0. The van der Waals surface area contributed by atoms with E-state index >= 15 is 0 Å². The molecule has 2 N–H and O–H groups in total. The highest BCUT2D eigenvalue weighted by Crippen LogP contribution is 2.35. The van der Waals surface area contributed by atoms with E-state index in [4.69, 9.17) is 4.42 Å². The van der Waals surface area contributed by atoms with Crippen molar-refractivity contribution in [2.45, 2.75) is 32.7 Å². The third-order valence-electron chi connectivity index (χ3n) is 5.37. The van der Waals surface area contributed by atoms with E-state index in [2.05, 4.69) is 21.7 Å². The maximum atomic E-state index is 12.9. The minimum Gasteiger partial charge on any atom is -0.424 e. The van der Waals surface area contributed by atoms with Crippen LogP contribution < -0.4 is 10.6 Å². The number of hydrogen-bond acceptors (Lipinski definition) is 7. The summed E-state index contributed by atoms with van der Waals surface area (Å²) in [4.78, 5) is 40.8. The number of carbonyl (C=O) groups is 3. The summed E-state index contributed by atoms with van der Waals surface area (Å²) in [6.45, 7) is 4.25. The molecule has 0 bridgehead atoms. The number of fused-ring (bicyclic) bond motifs is 1. The summed E-state index contributed by atoms with van der Waals surface area (Å²) in [5, 5.41) is 8.73. The monoisotopic (exact) mass is 425 g/mol. The molecule has 30 heavy (non-hydrogen) atoms. The molecule has 2 aromatic heterocycles. The van der Waals surface area contributed by atoms with Crippen LogP contribution in [0.15, 0.2) is 40.3 Å². The quantitative estimate of drug-likeness (QED) is 0.560. The first-order chi connectivity index (χ1) is 14.4. The van der Waals surface area contributed by atoms with Gasteiger partial charge in [0, 0.05) is 39.9 Å². The SMILES string of the molecule is CC(C)C(Nc1ncc(-c2csc3ccccc23)o1)C(=O)CC1CCNC(=O)C1=O. The van der Waals surface area contributed by atoms with Gasteiger partial charge in [0.2, 0.25) is 5.78 Å². The van der Waals surface area contributed by atoms with Gasteiger partial charge in [-0.15, -0.1) is 11.3 Å². The summed E-state index contributed by atoms with van der Waals surface area (Å²) >= 11 is 1.63. The molecule has 4 rings (SSSR count). The summed E-state index contributed by atoms with van der Waals surface area (Å²) in [5.74, 6) is -1.22. The van der Waals surface area contributed by atoms with Crippen LogP contribution in [0.1, 0.15) is 26.7 Å². The van der Waals surface area contributed by atoms with Gasteiger partial charge >= 0.3 is 0 Å². The Morgan fingerprint density at radius 2 is 2.13 bits per heavy atom. The third kappa shape index (κ3) is 4.00. The van der Waals surface area contributed by atoms with Crippen molar-refractivity contribution in [3.8, 4) is 11.3 Å². The van der Waals surface area contributed by atoms with Crippen LogP contribution in [0.5, 0.6) is 0 Å². The summed E-state index contributed by atoms with van der Waals surface area (Å²) in [6.07, 6.45) is 2.16. The van der Waals surface area contributed by atoms with E-state index in [-0.39, 0.29) is 24.1 Å². The fourth-order valence-electron chi connectivity index (χ4n) is 3.71. The van der Waals surface area contributed by atoms with E-state index in [1.807, 2.05) is 37.4 Å². The Morgan fingerprint density at radius 1 is 1.33 bits per heavy atom. The molecule has 1 aromatic carbocycles. The lowest BCUT2D eigenvalue weighted by Gasteiger charge is -2.24. The predicted octanol–water partition coefficient (Wildman–Crippen LogP) is 3.66. The van der Waals surface area contributed by atoms with E-state index in [1.54, 1.807) is 17.5 Å². The minimum absolute atomic E-state index is 0.0326. The number of ketones is 2. The van der Waals surface area contributed by atoms with Crippen LogP contribution >= 0.6 is 11.3 Å². The van der Waals surface area contributed by atoms with Crippen LogP contribution in [-0.4, -0.2) is 35.0 Å². The number of amides is 1. The van der Waals surface area contributed by atoms with Gasteiger partial charge in [-0.25, -0.2) is 4.98 Å². The molecule has 156 valence electrons.